The van der Waals surface area contributed by atoms with Crippen LogP contribution in [0.4, 0.5) is 11.4 Å². The van der Waals surface area contributed by atoms with Crippen LogP contribution in [0.1, 0.15) is 11.1 Å². The lowest BCUT2D eigenvalue weighted by molar-refractivity contribution is -0.384. The second-order valence-corrected chi connectivity index (χ2v) is 9.52. The number of nitro benzene ring substituents is 1. The molecule has 198 valence electrons. The van der Waals surface area contributed by atoms with Crippen LogP contribution < -0.4 is 19.5 Å². The third kappa shape index (κ3) is 8.07. The first-order valence-electron chi connectivity index (χ1n) is 11.6. The van der Waals surface area contributed by atoms with Gasteiger partial charge in [0.1, 0.15) is 29.6 Å². The van der Waals surface area contributed by atoms with Crippen molar-refractivity contribution in [2.24, 2.45) is 0 Å². The third-order valence-corrected chi connectivity index (χ3v) is 6.14. The lowest BCUT2D eigenvalue weighted by atomic mass is 10.1. The predicted molar refractivity (Wildman–Crippen MR) is 154 cm³/mol. The molecule has 4 aromatic carbocycles. The molecule has 1 N–H and O–H groups in total. The number of nitro groups is 1. The van der Waals surface area contributed by atoms with Crippen LogP contribution in [0.2, 0.25) is 5.02 Å². The fourth-order valence-electron chi connectivity index (χ4n) is 3.52. The number of amides is 1. The van der Waals surface area contributed by atoms with Crippen molar-refractivity contribution >= 4 is 50.9 Å². The van der Waals surface area contributed by atoms with Gasteiger partial charge < -0.3 is 19.5 Å². The van der Waals surface area contributed by atoms with E-state index in [1.807, 2.05) is 30.3 Å². The molecule has 0 fully saturated rings. The van der Waals surface area contributed by atoms with Gasteiger partial charge in [0.05, 0.1) is 23.8 Å². The maximum Gasteiger partial charge on any atom is 0.275 e. The van der Waals surface area contributed by atoms with Crippen LogP contribution in [-0.4, -0.2) is 17.9 Å². The Labute approximate surface area is 238 Å². The Hall–Kier alpha value is -4.34. The fraction of sp³-hybridized carbons (Fsp3) is 0.0690. The highest BCUT2D eigenvalue weighted by Gasteiger charge is 2.13. The second kappa shape index (κ2) is 12.9. The summed E-state index contributed by atoms with van der Waals surface area (Å²) < 4.78 is 18.0. The smallest absolute Gasteiger partial charge is 0.275 e. The van der Waals surface area contributed by atoms with Gasteiger partial charge in [-0.15, -0.1) is 0 Å². The average Bonchev–Trinajstić information content (AvgIpc) is 2.92. The summed E-state index contributed by atoms with van der Waals surface area (Å²) in [4.78, 5) is 23.5. The molecule has 8 nitrogen and oxygen atoms in total. The zero-order valence-corrected chi connectivity index (χ0v) is 22.9. The normalized spacial score (nSPS) is 10.7. The number of methoxy groups -OCH3 is 1. The zero-order valence-electron chi connectivity index (χ0n) is 20.6. The molecule has 0 aliphatic heterocycles. The molecule has 0 bridgehead atoms. The van der Waals surface area contributed by atoms with E-state index in [9.17, 15) is 14.9 Å². The van der Waals surface area contributed by atoms with Gasteiger partial charge >= 0.3 is 0 Å². The Kier molecular flexibility index (Phi) is 9.19. The van der Waals surface area contributed by atoms with Crippen molar-refractivity contribution in [1.29, 1.82) is 0 Å². The zero-order chi connectivity index (χ0) is 27.8. The largest absolute Gasteiger partial charge is 0.496 e. The number of hydrogen-bond donors (Lipinski definition) is 1. The lowest BCUT2D eigenvalue weighted by Crippen LogP contribution is -2.08. The Morgan fingerprint density at radius 1 is 0.974 bits per heavy atom. The molecule has 10 heteroatoms. The van der Waals surface area contributed by atoms with E-state index >= 15 is 0 Å². The number of carbonyl (C=O) groups is 1. The Bertz CT molecular complexity index is 1510. The summed E-state index contributed by atoms with van der Waals surface area (Å²) in [5.74, 6) is 1.51. The van der Waals surface area contributed by atoms with Crippen LogP contribution in [0.15, 0.2) is 95.5 Å². The van der Waals surface area contributed by atoms with Crippen LogP contribution in [0.5, 0.6) is 23.0 Å². The molecule has 0 radical (unpaired) electrons. The second-order valence-electron chi connectivity index (χ2n) is 8.17. The van der Waals surface area contributed by atoms with Gasteiger partial charge in [-0.2, -0.15) is 0 Å². The monoisotopic (exact) mass is 608 g/mol. The third-order valence-electron chi connectivity index (χ3n) is 5.36. The Balaban J connectivity index is 1.46. The number of non-ortho nitro benzene ring substituents is 1. The van der Waals surface area contributed by atoms with Crippen molar-refractivity contribution in [2.75, 3.05) is 12.4 Å². The van der Waals surface area contributed by atoms with Crippen molar-refractivity contribution in [3.8, 4) is 23.0 Å². The number of carbonyl (C=O) groups excluding carboxylic acids is 1. The number of benzene rings is 4. The van der Waals surface area contributed by atoms with Crippen molar-refractivity contribution in [3.05, 3.63) is 122 Å². The summed E-state index contributed by atoms with van der Waals surface area (Å²) in [5.41, 5.74) is 1.52. The summed E-state index contributed by atoms with van der Waals surface area (Å²) in [6.45, 7) is 0.267. The highest BCUT2D eigenvalue weighted by Crippen LogP contribution is 2.30. The minimum Gasteiger partial charge on any atom is -0.496 e. The quantitative estimate of drug-likeness (QED) is 0.111. The number of anilines is 1. The van der Waals surface area contributed by atoms with Crippen LogP contribution >= 0.6 is 27.5 Å². The highest BCUT2D eigenvalue weighted by atomic mass is 79.9. The van der Waals surface area contributed by atoms with Crippen molar-refractivity contribution in [2.45, 2.75) is 6.61 Å². The van der Waals surface area contributed by atoms with E-state index in [-0.39, 0.29) is 23.7 Å². The van der Waals surface area contributed by atoms with E-state index in [2.05, 4.69) is 21.2 Å². The standard InChI is InChI=1S/C29H22BrClN2O6/c1-37-28-12-2-19(14-20(28)18-38-25-8-4-21(30)5-9-25)3-13-29(34)32-23-15-24(33(35)36)17-27(16-23)39-26-10-6-22(31)7-11-26/h2-17H,18H2,1H3,(H,32,34)/b13-3+. The summed E-state index contributed by atoms with van der Waals surface area (Å²) in [6, 6.07) is 23.5. The van der Waals surface area contributed by atoms with Crippen molar-refractivity contribution < 1.29 is 23.9 Å². The molecule has 0 atom stereocenters. The van der Waals surface area contributed by atoms with E-state index in [0.717, 1.165) is 15.6 Å². The van der Waals surface area contributed by atoms with Crippen molar-refractivity contribution in [3.63, 3.8) is 0 Å². The summed E-state index contributed by atoms with van der Waals surface area (Å²) in [7, 11) is 1.57. The van der Waals surface area contributed by atoms with Gasteiger partial charge in [0.2, 0.25) is 5.91 Å². The van der Waals surface area contributed by atoms with Crippen molar-refractivity contribution in [1.82, 2.24) is 0 Å². The predicted octanol–water partition coefficient (Wildman–Crippen LogP) is 8.04. The van der Waals surface area contributed by atoms with Gasteiger partial charge in [0.25, 0.3) is 5.69 Å². The molecule has 0 aromatic heterocycles. The SMILES string of the molecule is COc1ccc(/C=C/C(=O)Nc2cc(Oc3ccc(Cl)cc3)cc([N+](=O)[O-])c2)cc1COc1ccc(Br)cc1. The molecule has 0 saturated carbocycles. The topological polar surface area (TPSA) is 99.9 Å². The molecule has 0 aliphatic rings. The first kappa shape index (κ1) is 27.7. The van der Waals surface area contributed by atoms with Gasteiger partial charge in [-0.25, -0.2) is 0 Å². The number of hydrogen-bond acceptors (Lipinski definition) is 6. The molecular weight excluding hydrogens is 588 g/mol. The molecule has 0 saturated heterocycles. The van der Waals surface area contributed by atoms with Gasteiger partial charge in [-0.3, -0.25) is 14.9 Å². The van der Waals surface area contributed by atoms with Gasteiger partial charge in [0, 0.05) is 33.3 Å². The Morgan fingerprint density at radius 3 is 2.38 bits per heavy atom. The number of ether oxygens (including phenoxy) is 3. The van der Waals surface area contributed by atoms with Crippen LogP contribution in [-0.2, 0) is 11.4 Å². The van der Waals surface area contributed by atoms with Gasteiger partial charge in [-0.1, -0.05) is 33.6 Å². The molecular formula is C29H22BrClN2O6. The fourth-order valence-corrected chi connectivity index (χ4v) is 3.91. The lowest BCUT2D eigenvalue weighted by Gasteiger charge is -2.11. The van der Waals surface area contributed by atoms with Crippen LogP contribution in [0, 0.1) is 10.1 Å². The van der Waals surface area contributed by atoms with Crippen LogP contribution in [0.25, 0.3) is 6.08 Å². The minimum atomic E-state index is -0.560. The van der Waals surface area contributed by atoms with E-state index in [4.69, 9.17) is 25.8 Å². The molecule has 1 amide bonds. The summed E-state index contributed by atoms with van der Waals surface area (Å²) >= 11 is 9.29. The van der Waals surface area contributed by atoms with E-state index in [1.54, 1.807) is 49.6 Å². The first-order chi connectivity index (χ1) is 18.8. The molecule has 0 heterocycles. The van der Waals surface area contributed by atoms with E-state index < -0.39 is 10.8 Å². The number of halogens is 2. The van der Waals surface area contributed by atoms with E-state index in [0.29, 0.717) is 22.3 Å². The Morgan fingerprint density at radius 2 is 1.69 bits per heavy atom. The number of nitrogens with one attached hydrogen (secondary N) is 1. The average molecular weight is 610 g/mol. The van der Waals surface area contributed by atoms with Gasteiger partial charge in [-0.05, 0) is 72.3 Å². The number of nitrogens with zero attached hydrogens (tertiary/aromatic N) is 1. The van der Waals surface area contributed by atoms with Crippen LogP contribution in [0.3, 0.4) is 0 Å². The molecule has 0 spiro atoms. The minimum absolute atomic E-state index is 0.191. The first-order valence-corrected chi connectivity index (χ1v) is 12.7. The highest BCUT2D eigenvalue weighted by molar-refractivity contribution is 9.10. The maximum absolute atomic E-state index is 12.6. The number of rotatable bonds is 10. The molecule has 4 aromatic rings. The molecule has 0 unspecified atom stereocenters. The summed E-state index contributed by atoms with van der Waals surface area (Å²) in [6.07, 6.45) is 2.96. The molecule has 4 rings (SSSR count). The molecule has 0 aliphatic carbocycles. The molecule has 39 heavy (non-hydrogen) atoms. The maximum atomic E-state index is 12.6. The van der Waals surface area contributed by atoms with E-state index in [1.165, 1.54) is 24.3 Å². The van der Waals surface area contributed by atoms with Gasteiger partial charge in [0.15, 0.2) is 0 Å². The summed E-state index contributed by atoms with van der Waals surface area (Å²) in [5, 5.41) is 14.6.